The summed E-state index contributed by atoms with van der Waals surface area (Å²) in [6, 6.07) is 7.26. The molecule has 2 amide bonds. The topological polar surface area (TPSA) is 80.8 Å². The van der Waals surface area contributed by atoms with Gasteiger partial charge in [-0.05, 0) is 31.0 Å². The summed E-state index contributed by atoms with van der Waals surface area (Å²) in [6.07, 6.45) is 3.24. The molecule has 3 heterocycles. The van der Waals surface area contributed by atoms with Gasteiger partial charge in [0.2, 0.25) is 5.91 Å². The average molecular weight is 369 g/mol. The van der Waals surface area contributed by atoms with Crippen LogP contribution in [0.3, 0.4) is 0 Å². The Balaban J connectivity index is 1.41. The Hall–Kier alpha value is -2.67. The zero-order valence-corrected chi connectivity index (χ0v) is 15.3. The predicted octanol–water partition coefficient (Wildman–Crippen LogP) is 1.61. The van der Waals surface area contributed by atoms with Gasteiger partial charge in [-0.2, -0.15) is 0 Å². The molecule has 1 N–H and O–H groups in total. The predicted molar refractivity (Wildman–Crippen MR) is 99.7 cm³/mol. The summed E-state index contributed by atoms with van der Waals surface area (Å²) in [5.74, 6) is 0.658. The third-order valence-electron chi connectivity index (χ3n) is 5.26. The van der Waals surface area contributed by atoms with E-state index in [1.54, 1.807) is 19.4 Å². The van der Waals surface area contributed by atoms with Crippen LogP contribution in [0.5, 0.6) is 5.75 Å². The lowest BCUT2D eigenvalue weighted by molar-refractivity contribution is -0.143. The number of methoxy groups -OCH3 is 1. The number of likely N-dealkylation sites (tertiary alicyclic amines) is 1. The van der Waals surface area contributed by atoms with Crippen LogP contribution in [0.25, 0.3) is 10.9 Å². The minimum Gasteiger partial charge on any atom is -0.497 e. The van der Waals surface area contributed by atoms with E-state index in [1.165, 1.54) is 0 Å². The zero-order chi connectivity index (χ0) is 18.8. The molecule has 0 radical (unpaired) electrons. The quantitative estimate of drug-likeness (QED) is 0.886. The molecule has 27 heavy (non-hydrogen) atoms. The van der Waals surface area contributed by atoms with Gasteiger partial charge in [0.25, 0.3) is 5.91 Å². The van der Waals surface area contributed by atoms with Crippen molar-refractivity contribution in [3.05, 3.63) is 36.0 Å². The fourth-order valence-electron chi connectivity index (χ4n) is 3.67. The van der Waals surface area contributed by atoms with E-state index < -0.39 is 0 Å². The van der Waals surface area contributed by atoms with Crippen LogP contribution < -0.4 is 10.1 Å². The maximum atomic E-state index is 12.8. The lowest BCUT2D eigenvalue weighted by Crippen LogP contribution is -2.62. The van der Waals surface area contributed by atoms with Crippen molar-refractivity contribution in [2.45, 2.75) is 18.9 Å². The van der Waals surface area contributed by atoms with Crippen molar-refractivity contribution >= 4 is 22.7 Å². The molecule has 0 saturated carbocycles. The molecule has 0 bridgehead atoms. The number of hydrogen-bond acceptors (Lipinski definition) is 5. The number of nitrogens with one attached hydrogen (secondary N) is 1. The molecule has 142 valence electrons. The monoisotopic (exact) mass is 369 g/mol. The number of benzene rings is 1. The SMILES string of the molecule is COc1cc(C(=O)NC2CN(C(=O)C3CCOCC3)C2)c2ncccc2c1. The van der Waals surface area contributed by atoms with Gasteiger partial charge in [-0.3, -0.25) is 14.6 Å². The normalized spacial score (nSPS) is 18.2. The molecule has 0 atom stereocenters. The van der Waals surface area contributed by atoms with Crippen LogP contribution in [0.1, 0.15) is 23.2 Å². The molecule has 7 nitrogen and oxygen atoms in total. The van der Waals surface area contributed by atoms with Crippen LogP contribution in [0, 0.1) is 5.92 Å². The molecule has 0 unspecified atom stereocenters. The molecule has 0 spiro atoms. The van der Waals surface area contributed by atoms with Gasteiger partial charge in [0.15, 0.2) is 0 Å². The van der Waals surface area contributed by atoms with Gasteiger partial charge in [0, 0.05) is 43.8 Å². The summed E-state index contributed by atoms with van der Waals surface area (Å²) in [6.45, 7) is 2.41. The molecule has 2 saturated heterocycles. The fourth-order valence-corrected chi connectivity index (χ4v) is 3.67. The zero-order valence-electron chi connectivity index (χ0n) is 15.3. The van der Waals surface area contributed by atoms with E-state index in [-0.39, 0.29) is 23.8 Å². The molecule has 4 rings (SSSR count). The first-order valence-corrected chi connectivity index (χ1v) is 9.26. The lowest BCUT2D eigenvalue weighted by atomic mass is 9.96. The van der Waals surface area contributed by atoms with Gasteiger partial charge in [-0.1, -0.05) is 6.07 Å². The van der Waals surface area contributed by atoms with Crippen molar-refractivity contribution in [1.82, 2.24) is 15.2 Å². The van der Waals surface area contributed by atoms with Crippen molar-refractivity contribution in [3.63, 3.8) is 0 Å². The van der Waals surface area contributed by atoms with E-state index in [9.17, 15) is 9.59 Å². The Labute approximate surface area is 157 Å². The Kier molecular flexibility index (Phi) is 4.94. The summed E-state index contributed by atoms with van der Waals surface area (Å²) < 4.78 is 10.6. The standard InChI is InChI=1S/C20H23N3O4/c1-26-16-9-14-3-2-6-21-18(14)17(10-16)19(24)22-15-11-23(12-15)20(25)13-4-7-27-8-5-13/h2-3,6,9-10,13,15H,4-5,7-8,11-12H2,1H3,(H,22,24). The average Bonchev–Trinajstić information content (AvgIpc) is 2.69. The fraction of sp³-hybridized carbons (Fsp3) is 0.450. The van der Waals surface area contributed by atoms with Gasteiger partial charge < -0.3 is 19.7 Å². The first kappa shape index (κ1) is 17.7. The van der Waals surface area contributed by atoms with E-state index in [0.717, 1.165) is 18.2 Å². The van der Waals surface area contributed by atoms with Crippen LogP contribution in [-0.4, -0.2) is 61.2 Å². The summed E-state index contributed by atoms with van der Waals surface area (Å²) >= 11 is 0. The molecule has 2 aromatic rings. The van der Waals surface area contributed by atoms with Gasteiger partial charge in [-0.15, -0.1) is 0 Å². The highest BCUT2D eigenvalue weighted by atomic mass is 16.5. The highest BCUT2D eigenvalue weighted by molar-refractivity contribution is 6.06. The first-order chi connectivity index (χ1) is 13.2. The number of ether oxygens (including phenoxy) is 2. The Morgan fingerprint density at radius 2 is 2.04 bits per heavy atom. The van der Waals surface area contributed by atoms with E-state index in [4.69, 9.17) is 9.47 Å². The minimum atomic E-state index is -0.194. The minimum absolute atomic E-state index is 0.0359. The van der Waals surface area contributed by atoms with Crippen molar-refractivity contribution in [1.29, 1.82) is 0 Å². The number of carbonyl (C=O) groups is 2. The molecule has 2 aliphatic rings. The Bertz CT molecular complexity index is 857. The van der Waals surface area contributed by atoms with Gasteiger partial charge in [0.05, 0.1) is 24.2 Å². The molecule has 0 aliphatic carbocycles. The van der Waals surface area contributed by atoms with Crippen molar-refractivity contribution in [3.8, 4) is 5.75 Å². The van der Waals surface area contributed by atoms with E-state index in [0.29, 0.717) is 43.1 Å². The van der Waals surface area contributed by atoms with E-state index in [2.05, 4.69) is 10.3 Å². The molecule has 7 heteroatoms. The van der Waals surface area contributed by atoms with Crippen molar-refractivity contribution < 1.29 is 19.1 Å². The van der Waals surface area contributed by atoms with Crippen LogP contribution in [0.2, 0.25) is 0 Å². The van der Waals surface area contributed by atoms with E-state index in [1.807, 2.05) is 23.1 Å². The van der Waals surface area contributed by atoms with Gasteiger partial charge in [-0.25, -0.2) is 0 Å². The highest BCUT2D eigenvalue weighted by Crippen LogP contribution is 2.25. The third kappa shape index (κ3) is 3.60. The largest absolute Gasteiger partial charge is 0.497 e. The highest BCUT2D eigenvalue weighted by Gasteiger charge is 2.36. The summed E-state index contributed by atoms with van der Waals surface area (Å²) in [7, 11) is 1.57. The first-order valence-electron chi connectivity index (χ1n) is 9.26. The second kappa shape index (κ2) is 7.52. The lowest BCUT2D eigenvalue weighted by Gasteiger charge is -2.41. The number of nitrogens with zero attached hydrogens (tertiary/aromatic N) is 2. The van der Waals surface area contributed by atoms with Crippen LogP contribution in [0.15, 0.2) is 30.5 Å². The molecule has 2 fully saturated rings. The summed E-state index contributed by atoms with van der Waals surface area (Å²) in [5.41, 5.74) is 1.13. The van der Waals surface area contributed by atoms with Gasteiger partial charge in [0.1, 0.15) is 5.75 Å². The number of amides is 2. The number of carbonyl (C=O) groups excluding carboxylic acids is 2. The van der Waals surface area contributed by atoms with Crippen molar-refractivity contribution in [2.24, 2.45) is 5.92 Å². The van der Waals surface area contributed by atoms with Crippen LogP contribution >= 0.6 is 0 Å². The molecular formula is C20H23N3O4. The number of fused-ring (bicyclic) bond motifs is 1. The summed E-state index contributed by atoms with van der Waals surface area (Å²) in [5, 5.41) is 3.86. The second-order valence-corrected chi connectivity index (χ2v) is 7.05. The summed E-state index contributed by atoms with van der Waals surface area (Å²) in [4.78, 5) is 31.4. The van der Waals surface area contributed by atoms with E-state index >= 15 is 0 Å². The molecular weight excluding hydrogens is 346 g/mol. The number of pyridine rings is 1. The third-order valence-corrected chi connectivity index (χ3v) is 5.26. The Morgan fingerprint density at radius 3 is 2.78 bits per heavy atom. The maximum Gasteiger partial charge on any atom is 0.253 e. The van der Waals surface area contributed by atoms with Crippen molar-refractivity contribution in [2.75, 3.05) is 33.4 Å². The van der Waals surface area contributed by atoms with Crippen LogP contribution in [-0.2, 0) is 9.53 Å². The maximum absolute atomic E-state index is 12.8. The van der Waals surface area contributed by atoms with Crippen LogP contribution in [0.4, 0.5) is 0 Å². The molecule has 1 aromatic heterocycles. The van der Waals surface area contributed by atoms with Gasteiger partial charge >= 0.3 is 0 Å². The molecule has 1 aromatic carbocycles. The molecule has 2 aliphatic heterocycles. The number of hydrogen-bond donors (Lipinski definition) is 1. The Morgan fingerprint density at radius 1 is 1.26 bits per heavy atom. The second-order valence-electron chi connectivity index (χ2n) is 7.05. The number of rotatable bonds is 4. The smallest absolute Gasteiger partial charge is 0.253 e. The number of aromatic nitrogens is 1.